The number of sulfone groups is 1. The number of benzene rings is 1. The lowest BCUT2D eigenvalue weighted by Gasteiger charge is -2.33. The molecule has 0 bridgehead atoms. The van der Waals surface area contributed by atoms with E-state index in [1.165, 1.54) is 11.1 Å². The summed E-state index contributed by atoms with van der Waals surface area (Å²) >= 11 is 0. The molecule has 1 aliphatic carbocycles. The number of hydrogen-bond donors (Lipinski definition) is 1. The number of amides is 1. The van der Waals surface area contributed by atoms with Crippen molar-refractivity contribution in [2.45, 2.75) is 38.1 Å². The first-order valence-electron chi connectivity index (χ1n) is 8.70. The number of rotatable bonds is 4. The first kappa shape index (κ1) is 17.4. The highest BCUT2D eigenvalue weighted by Gasteiger charge is 2.37. The van der Waals surface area contributed by atoms with Crippen LogP contribution in [0.4, 0.5) is 0 Å². The Bertz CT molecular complexity index is 695. The molecule has 1 aromatic rings. The lowest BCUT2D eigenvalue weighted by atomic mass is 9.87. The van der Waals surface area contributed by atoms with Gasteiger partial charge in [0, 0.05) is 13.1 Å². The first-order valence-corrected chi connectivity index (χ1v) is 10.5. The highest BCUT2D eigenvalue weighted by molar-refractivity contribution is 7.91. The second-order valence-corrected chi connectivity index (χ2v) is 9.44. The third-order valence-corrected chi connectivity index (χ3v) is 6.82. The highest BCUT2D eigenvalue weighted by Crippen LogP contribution is 2.39. The minimum atomic E-state index is -2.91. The molecule has 0 unspecified atom stereocenters. The summed E-state index contributed by atoms with van der Waals surface area (Å²) in [6.45, 7) is 3.26. The van der Waals surface area contributed by atoms with Crippen LogP contribution in [-0.4, -0.2) is 50.4 Å². The van der Waals surface area contributed by atoms with E-state index in [2.05, 4.69) is 30.4 Å². The monoisotopic (exact) mass is 350 g/mol. The van der Waals surface area contributed by atoms with Crippen LogP contribution in [0.2, 0.25) is 0 Å². The van der Waals surface area contributed by atoms with Crippen molar-refractivity contribution in [3.05, 3.63) is 35.4 Å². The number of carbonyl (C=O) groups is 1. The fourth-order valence-corrected chi connectivity index (χ4v) is 5.10. The predicted molar refractivity (Wildman–Crippen MR) is 94.6 cm³/mol. The molecule has 1 N–H and O–H groups in total. The minimum Gasteiger partial charge on any atom is -0.345 e. The van der Waals surface area contributed by atoms with Crippen LogP contribution in [0.5, 0.6) is 0 Å². The summed E-state index contributed by atoms with van der Waals surface area (Å²) in [5, 5.41) is 3.27. The quantitative estimate of drug-likeness (QED) is 0.896. The molecule has 1 aromatic carbocycles. The third kappa shape index (κ3) is 3.98. The van der Waals surface area contributed by atoms with E-state index in [1.54, 1.807) is 0 Å². The lowest BCUT2D eigenvalue weighted by Crippen LogP contribution is -2.50. The summed E-state index contributed by atoms with van der Waals surface area (Å²) in [5.41, 5.74) is 2.13. The zero-order chi connectivity index (χ0) is 17.2. The molecule has 24 heavy (non-hydrogen) atoms. The van der Waals surface area contributed by atoms with E-state index in [1.807, 2.05) is 11.0 Å². The summed E-state index contributed by atoms with van der Waals surface area (Å²) in [7, 11) is -2.91. The number of nitrogens with one attached hydrogen (secondary N) is 1. The maximum atomic E-state index is 12.6. The molecular formula is C18H26N2O3S. The van der Waals surface area contributed by atoms with Crippen molar-refractivity contribution in [1.29, 1.82) is 0 Å². The van der Waals surface area contributed by atoms with E-state index >= 15 is 0 Å². The Morgan fingerprint density at radius 2 is 1.88 bits per heavy atom. The van der Waals surface area contributed by atoms with Gasteiger partial charge < -0.3 is 5.32 Å². The Morgan fingerprint density at radius 3 is 2.50 bits per heavy atom. The maximum Gasteiger partial charge on any atom is 0.234 e. The van der Waals surface area contributed by atoms with Crippen LogP contribution in [0.15, 0.2) is 24.3 Å². The molecule has 0 atom stereocenters. The predicted octanol–water partition coefficient (Wildman–Crippen LogP) is 1.61. The molecule has 0 radical (unpaired) electrons. The van der Waals surface area contributed by atoms with Crippen LogP contribution in [0.3, 0.4) is 0 Å². The lowest BCUT2D eigenvalue weighted by molar-refractivity contribution is -0.124. The average Bonchev–Trinajstić information content (AvgIpc) is 2.99. The van der Waals surface area contributed by atoms with Crippen LogP contribution in [0.1, 0.15) is 36.8 Å². The van der Waals surface area contributed by atoms with Crippen LogP contribution in [0.25, 0.3) is 0 Å². The van der Waals surface area contributed by atoms with Gasteiger partial charge in [0.1, 0.15) is 0 Å². The molecule has 1 heterocycles. The Balaban J connectivity index is 1.67. The first-order chi connectivity index (χ1) is 11.4. The normalized spacial score (nSPS) is 23.0. The van der Waals surface area contributed by atoms with Gasteiger partial charge in [-0.15, -0.1) is 0 Å². The van der Waals surface area contributed by atoms with E-state index in [-0.39, 0.29) is 29.5 Å². The molecular weight excluding hydrogens is 324 g/mol. The van der Waals surface area contributed by atoms with Crippen molar-refractivity contribution in [3.8, 4) is 0 Å². The standard InChI is InChI=1S/C18H26N2O3S/c1-15-5-4-6-16(13-15)18(7-2-3-8-18)19-17(21)14-20-9-11-24(22,23)12-10-20/h4-6,13H,2-3,7-12,14H2,1H3,(H,19,21). The molecule has 3 rings (SSSR count). The second-order valence-electron chi connectivity index (χ2n) is 7.13. The van der Waals surface area contributed by atoms with Crippen LogP contribution in [-0.2, 0) is 20.2 Å². The fraction of sp³-hybridized carbons (Fsp3) is 0.611. The molecule has 1 saturated carbocycles. The van der Waals surface area contributed by atoms with Crippen molar-refractivity contribution in [2.75, 3.05) is 31.1 Å². The van der Waals surface area contributed by atoms with Crippen molar-refractivity contribution < 1.29 is 13.2 Å². The fourth-order valence-electron chi connectivity index (χ4n) is 3.82. The van der Waals surface area contributed by atoms with Gasteiger partial charge in [-0.2, -0.15) is 0 Å². The molecule has 2 aliphatic rings. The number of aryl methyl sites for hydroxylation is 1. The minimum absolute atomic E-state index is 0.00213. The maximum absolute atomic E-state index is 12.6. The Morgan fingerprint density at radius 1 is 1.21 bits per heavy atom. The third-order valence-electron chi connectivity index (χ3n) is 5.21. The smallest absolute Gasteiger partial charge is 0.234 e. The summed E-state index contributed by atoms with van der Waals surface area (Å²) in [5.74, 6) is 0.310. The van der Waals surface area contributed by atoms with Crippen molar-refractivity contribution in [1.82, 2.24) is 10.2 Å². The van der Waals surface area contributed by atoms with E-state index < -0.39 is 9.84 Å². The Hall–Kier alpha value is -1.40. The van der Waals surface area contributed by atoms with E-state index in [0.29, 0.717) is 13.1 Å². The number of carbonyl (C=O) groups excluding carboxylic acids is 1. The van der Waals surface area contributed by atoms with E-state index in [4.69, 9.17) is 0 Å². The van der Waals surface area contributed by atoms with E-state index in [9.17, 15) is 13.2 Å². The molecule has 1 amide bonds. The molecule has 6 heteroatoms. The molecule has 0 aromatic heterocycles. The highest BCUT2D eigenvalue weighted by atomic mass is 32.2. The van der Waals surface area contributed by atoms with E-state index in [0.717, 1.165) is 25.7 Å². The van der Waals surface area contributed by atoms with Crippen molar-refractivity contribution in [3.63, 3.8) is 0 Å². The molecule has 5 nitrogen and oxygen atoms in total. The summed E-state index contributed by atoms with van der Waals surface area (Å²) < 4.78 is 23.0. The van der Waals surface area contributed by atoms with Gasteiger partial charge >= 0.3 is 0 Å². The second kappa shape index (κ2) is 6.84. The Kier molecular flexibility index (Phi) is 4.97. The summed E-state index contributed by atoms with van der Waals surface area (Å²) in [4.78, 5) is 14.5. The Labute approximate surface area is 144 Å². The summed E-state index contributed by atoms with van der Waals surface area (Å²) in [6, 6.07) is 8.39. The summed E-state index contributed by atoms with van der Waals surface area (Å²) in [6.07, 6.45) is 4.18. The van der Waals surface area contributed by atoms with Gasteiger partial charge in [0.15, 0.2) is 9.84 Å². The van der Waals surface area contributed by atoms with Crippen LogP contribution in [0, 0.1) is 6.92 Å². The van der Waals surface area contributed by atoms with Gasteiger partial charge in [0.25, 0.3) is 0 Å². The molecule has 132 valence electrons. The van der Waals surface area contributed by atoms with Crippen LogP contribution >= 0.6 is 0 Å². The number of hydrogen-bond acceptors (Lipinski definition) is 4. The molecule has 2 fully saturated rings. The molecule has 1 saturated heterocycles. The van der Waals surface area contributed by atoms with Crippen molar-refractivity contribution >= 4 is 15.7 Å². The topological polar surface area (TPSA) is 66.5 Å². The largest absolute Gasteiger partial charge is 0.345 e. The average molecular weight is 350 g/mol. The SMILES string of the molecule is Cc1cccc(C2(NC(=O)CN3CCS(=O)(=O)CC3)CCCC2)c1. The van der Waals surface area contributed by atoms with Gasteiger partial charge in [-0.25, -0.2) is 8.42 Å². The molecule has 0 spiro atoms. The van der Waals surface area contributed by atoms with Gasteiger partial charge in [-0.05, 0) is 25.3 Å². The van der Waals surface area contributed by atoms with Gasteiger partial charge in [-0.3, -0.25) is 9.69 Å². The van der Waals surface area contributed by atoms with Crippen molar-refractivity contribution in [2.24, 2.45) is 0 Å². The van der Waals surface area contributed by atoms with Gasteiger partial charge in [0.2, 0.25) is 5.91 Å². The number of nitrogens with zero attached hydrogens (tertiary/aromatic N) is 1. The van der Waals surface area contributed by atoms with Gasteiger partial charge in [0.05, 0.1) is 23.6 Å². The zero-order valence-corrected chi connectivity index (χ0v) is 15.1. The van der Waals surface area contributed by atoms with Gasteiger partial charge in [-0.1, -0.05) is 42.7 Å². The molecule has 1 aliphatic heterocycles. The van der Waals surface area contributed by atoms with Crippen LogP contribution < -0.4 is 5.32 Å². The zero-order valence-electron chi connectivity index (χ0n) is 14.3.